The Hall–Kier alpha value is -2.95. The van der Waals surface area contributed by atoms with Gasteiger partial charge in [0.15, 0.2) is 0 Å². The van der Waals surface area contributed by atoms with Gasteiger partial charge in [0.2, 0.25) is 11.8 Å². The molecule has 3 aromatic rings. The SMILES string of the molecule is Cc1ccccc1N1CC(C(=O)n2cnc3ccccc32)CC1=O. The van der Waals surface area contributed by atoms with Crippen LogP contribution in [0.4, 0.5) is 5.69 Å². The standard InChI is InChI=1S/C19H17N3O2/c1-13-6-2-4-8-16(13)21-11-14(10-18(21)23)19(24)22-12-20-15-7-3-5-9-17(15)22/h2-9,12,14H,10-11H2,1H3. The smallest absolute Gasteiger partial charge is 0.237 e. The Bertz CT molecular complexity index is 944. The molecule has 1 unspecified atom stereocenters. The second-order valence-electron chi connectivity index (χ2n) is 6.13. The van der Waals surface area contributed by atoms with Crippen molar-refractivity contribution >= 4 is 28.5 Å². The van der Waals surface area contributed by atoms with Crippen LogP contribution in [0, 0.1) is 12.8 Å². The van der Waals surface area contributed by atoms with Crippen molar-refractivity contribution in [2.45, 2.75) is 13.3 Å². The molecule has 1 aliphatic rings. The molecule has 5 heteroatoms. The second-order valence-corrected chi connectivity index (χ2v) is 6.13. The van der Waals surface area contributed by atoms with E-state index in [1.165, 1.54) is 0 Å². The first-order chi connectivity index (χ1) is 11.6. The molecule has 24 heavy (non-hydrogen) atoms. The number of aryl methyl sites for hydroxylation is 1. The minimum atomic E-state index is -0.352. The van der Waals surface area contributed by atoms with Gasteiger partial charge in [-0.2, -0.15) is 0 Å². The Kier molecular flexibility index (Phi) is 3.41. The number of nitrogens with zero attached hydrogens (tertiary/aromatic N) is 3. The Morgan fingerprint density at radius 3 is 2.71 bits per heavy atom. The first-order valence-electron chi connectivity index (χ1n) is 7.97. The van der Waals surface area contributed by atoms with E-state index < -0.39 is 0 Å². The van der Waals surface area contributed by atoms with Gasteiger partial charge in [0.1, 0.15) is 6.33 Å². The fourth-order valence-corrected chi connectivity index (χ4v) is 3.30. The number of hydrogen-bond donors (Lipinski definition) is 0. The summed E-state index contributed by atoms with van der Waals surface area (Å²) in [6.07, 6.45) is 1.79. The highest BCUT2D eigenvalue weighted by molar-refractivity contribution is 6.02. The summed E-state index contributed by atoms with van der Waals surface area (Å²) in [5, 5.41) is 0. The van der Waals surface area contributed by atoms with Crippen LogP contribution in [-0.4, -0.2) is 27.9 Å². The molecule has 0 aliphatic carbocycles. The number of carbonyl (C=O) groups is 2. The van der Waals surface area contributed by atoms with E-state index in [2.05, 4.69) is 4.98 Å². The third-order valence-corrected chi connectivity index (χ3v) is 4.57. The van der Waals surface area contributed by atoms with Gasteiger partial charge in [0, 0.05) is 18.7 Å². The minimum Gasteiger partial charge on any atom is -0.311 e. The molecule has 0 spiro atoms. The molecule has 120 valence electrons. The molecule has 1 fully saturated rings. The number of anilines is 1. The summed E-state index contributed by atoms with van der Waals surface area (Å²) in [7, 11) is 0. The van der Waals surface area contributed by atoms with Crippen LogP contribution in [0.3, 0.4) is 0 Å². The number of amides is 1. The average Bonchev–Trinajstić information content (AvgIpc) is 3.18. The molecule has 1 amide bonds. The summed E-state index contributed by atoms with van der Waals surface area (Å²) in [6, 6.07) is 15.3. The van der Waals surface area contributed by atoms with Gasteiger partial charge in [0.25, 0.3) is 0 Å². The molecule has 1 aliphatic heterocycles. The number of carbonyl (C=O) groups excluding carboxylic acids is 2. The zero-order chi connectivity index (χ0) is 16.7. The van der Waals surface area contributed by atoms with E-state index in [-0.39, 0.29) is 24.2 Å². The topological polar surface area (TPSA) is 55.2 Å². The highest BCUT2D eigenvalue weighted by Crippen LogP contribution is 2.29. The van der Waals surface area contributed by atoms with Crippen molar-refractivity contribution in [1.82, 2.24) is 9.55 Å². The molecule has 0 bridgehead atoms. The third-order valence-electron chi connectivity index (χ3n) is 4.57. The number of para-hydroxylation sites is 3. The van der Waals surface area contributed by atoms with Gasteiger partial charge in [-0.3, -0.25) is 14.2 Å². The monoisotopic (exact) mass is 319 g/mol. The molecule has 1 saturated heterocycles. The molecule has 5 nitrogen and oxygen atoms in total. The van der Waals surface area contributed by atoms with Crippen LogP contribution in [0.1, 0.15) is 16.8 Å². The third kappa shape index (κ3) is 2.29. The summed E-state index contributed by atoms with van der Waals surface area (Å²) < 4.78 is 1.56. The maximum atomic E-state index is 12.9. The zero-order valence-corrected chi connectivity index (χ0v) is 13.3. The number of aromatic nitrogens is 2. The van der Waals surface area contributed by atoms with Gasteiger partial charge in [-0.15, -0.1) is 0 Å². The van der Waals surface area contributed by atoms with E-state index in [1.54, 1.807) is 15.8 Å². The summed E-state index contributed by atoms with van der Waals surface area (Å²) in [6.45, 7) is 2.39. The molecule has 1 atom stereocenters. The van der Waals surface area contributed by atoms with E-state index in [4.69, 9.17) is 0 Å². The van der Waals surface area contributed by atoms with Crippen LogP contribution in [0.2, 0.25) is 0 Å². The second kappa shape index (κ2) is 5.60. The van der Waals surface area contributed by atoms with Crippen molar-refractivity contribution in [3.8, 4) is 0 Å². The predicted molar refractivity (Wildman–Crippen MR) is 92.0 cm³/mol. The summed E-state index contributed by atoms with van der Waals surface area (Å²) >= 11 is 0. The van der Waals surface area contributed by atoms with Gasteiger partial charge in [-0.05, 0) is 30.7 Å². The maximum absolute atomic E-state index is 12.9. The molecule has 2 aromatic carbocycles. The average molecular weight is 319 g/mol. The van der Waals surface area contributed by atoms with Gasteiger partial charge in [-0.25, -0.2) is 4.98 Å². The van der Waals surface area contributed by atoms with Crippen LogP contribution < -0.4 is 4.90 Å². The molecule has 1 aromatic heterocycles. The Morgan fingerprint density at radius 1 is 1.12 bits per heavy atom. The maximum Gasteiger partial charge on any atom is 0.237 e. The summed E-state index contributed by atoms with van der Waals surface area (Å²) in [4.78, 5) is 31.3. The van der Waals surface area contributed by atoms with Gasteiger partial charge >= 0.3 is 0 Å². The van der Waals surface area contributed by atoms with E-state index in [1.807, 2.05) is 55.5 Å². The van der Waals surface area contributed by atoms with E-state index in [0.717, 1.165) is 22.3 Å². The lowest BCUT2D eigenvalue weighted by Gasteiger charge is -2.18. The molecule has 0 saturated carbocycles. The van der Waals surface area contributed by atoms with Crippen molar-refractivity contribution in [2.75, 3.05) is 11.4 Å². The first-order valence-corrected chi connectivity index (χ1v) is 7.97. The Balaban J connectivity index is 1.63. The van der Waals surface area contributed by atoms with E-state index in [9.17, 15) is 9.59 Å². The predicted octanol–water partition coefficient (Wildman–Crippen LogP) is 3.04. The molecule has 0 radical (unpaired) electrons. The summed E-state index contributed by atoms with van der Waals surface area (Å²) in [5.41, 5.74) is 3.48. The lowest BCUT2D eigenvalue weighted by atomic mass is 10.1. The Labute approximate surface area is 139 Å². The quantitative estimate of drug-likeness (QED) is 0.729. The summed E-state index contributed by atoms with van der Waals surface area (Å²) in [5.74, 6) is -0.435. The van der Waals surface area contributed by atoms with Crippen LogP contribution >= 0.6 is 0 Å². The first kappa shape index (κ1) is 14.6. The van der Waals surface area contributed by atoms with Crippen LogP contribution in [0.5, 0.6) is 0 Å². The van der Waals surface area contributed by atoms with Crippen LogP contribution in [0.25, 0.3) is 11.0 Å². The highest BCUT2D eigenvalue weighted by atomic mass is 16.2. The molecule has 0 N–H and O–H groups in total. The van der Waals surface area contributed by atoms with E-state index in [0.29, 0.717) is 6.54 Å². The minimum absolute atomic E-state index is 0.00734. The van der Waals surface area contributed by atoms with Gasteiger partial charge in [-0.1, -0.05) is 30.3 Å². The van der Waals surface area contributed by atoms with Crippen molar-refractivity contribution in [3.05, 3.63) is 60.4 Å². The molecule has 2 heterocycles. The Morgan fingerprint density at radius 2 is 1.88 bits per heavy atom. The van der Waals surface area contributed by atoms with Gasteiger partial charge in [0.05, 0.1) is 17.0 Å². The fourth-order valence-electron chi connectivity index (χ4n) is 3.30. The van der Waals surface area contributed by atoms with Crippen molar-refractivity contribution in [1.29, 1.82) is 0 Å². The lowest BCUT2D eigenvalue weighted by Crippen LogP contribution is -2.27. The lowest BCUT2D eigenvalue weighted by molar-refractivity contribution is -0.117. The molecular weight excluding hydrogens is 302 g/mol. The number of rotatable bonds is 2. The van der Waals surface area contributed by atoms with Crippen molar-refractivity contribution < 1.29 is 9.59 Å². The van der Waals surface area contributed by atoms with Crippen LogP contribution in [0.15, 0.2) is 54.9 Å². The number of benzene rings is 2. The van der Waals surface area contributed by atoms with Crippen molar-refractivity contribution in [3.63, 3.8) is 0 Å². The number of imidazole rings is 1. The fraction of sp³-hybridized carbons (Fsp3) is 0.211. The van der Waals surface area contributed by atoms with Crippen LogP contribution in [-0.2, 0) is 4.79 Å². The number of fused-ring (bicyclic) bond motifs is 1. The van der Waals surface area contributed by atoms with E-state index >= 15 is 0 Å². The van der Waals surface area contributed by atoms with Gasteiger partial charge < -0.3 is 4.90 Å². The molecular formula is C19H17N3O2. The highest BCUT2D eigenvalue weighted by Gasteiger charge is 2.36. The largest absolute Gasteiger partial charge is 0.311 e. The number of hydrogen-bond acceptors (Lipinski definition) is 3. The molecule has 4 rings (SSSR count). The van der Waals surface area contributed by atoms with Crippen molar-refractivity contribution in [2.24, 2.45) is 5.92 Å². The zero-order valence-electron chi connectivity index (χ0n) is 13.3. The normalized spacial score (nSPS) is 17.6.